The molecule has 0 bridgehead atoms. The SMILES string of the molecule is CC[C@@H](C(=O)OCC(=O)NCCC(c1ccccc1)c1ccccc1)c1ccccc1. The Labute approximate surface area is 184 Å². The second-order valence-electron chi connectivity index (χ2n) is 7.49. The molecule has 0 saturated heterocycles. The second-order valence-corrected chi connectivity index (χ2v) is 7.49. The van der Waals surface area contributed by atoms with Crippen LogP contribution in [0.1, 0.15) is 48.3 Å². The molecule has 1 amide bonds. The summed E-state index contributed by atoms with van der Waals surface area (Å²) in [7, 11) is 0. The Bertz CT molecular complexity index is 902. The Morgan fingerprint density at radius 2 is 1.26 bits per heavy atom. The van der Waals surface area contributed by atoms with Crippen molar-refractivity contribution in [3.05, 3.63) is 108 Å². The van der Waals surface area contributed by atoms with Crippen LogP contribution in [-0.4, -0.2) is 25.0 Å². The molecule has 4 nitrogen and oxygen atoms in total. The zero-order valence-corrected chi connectivity index (χ0v) is 17.9. The molecule has 0 heterocycles. The van der Waals surface area contributed by atoms with E-state index < -0.39 is 0 Å². The Kier molecular flexibility index (Phi) is 8.41. The Hall–Kier alpha value is -3.40. The van der Waals surface area contributed by atoms with Crippen molar-refractivity contribution in [3.8, 4) is 0 Å². The average molecular weight is 416 g/mol. The first kappa shape index (κ1) is 22.3. The van der Waals surface area contributed by atoms with Crippen LogP contribution >= 0.6 is 0 Å². The molecule has 0 aliphatic rings. The lowest BCUT2D eigenvalue weighted by Gasteiger charge is -2.19. The third kappa shape index (κ3) is 6.54. The minimum absolute atomic E-state index is 0.188. The highest BCUT2D eigenvalue weighted by Gasteiger charge is 2.21. The van der Waals surface area contributed by atoms with Crippen LogP contribution in [0.3, 0.4) is 0 Å². The molecule has 1 atom stereocenters. The first-order valence-electron chi connectivity index (χ1n) is 10.8. The normalized spacial score (nSPS) is 11.7. The molecule has 0 aliphatic carbocycles. The fourth-order valence-electron chi connectivity index (χ4n) is 3.76. The van der Waals surface area contributed by atoms with E-state index in [0.29, 0.717) is 13.0 Å². The summed E-state index contributed by atoms with van der Waals surface area (Å²) >= 11 is 0. The first-order valence-corrected chi connectivity index (χ1v) is 10.8. The number of rotatable bonds is 10. The molecule has 0 radical (unpaired) electrons. The van der Waals surface area contributed by atoms with Gasteiger partial charge < -0.3 is 10.1 Å². The monoisotopic (exact) mass is 415 g/mol. The van der Waals surface area contributed by atoms with Crippen LogP contribution in [0.15, 0.2) is 91.0 Å². The van der Waals surface area contributed by atoms with Crippen LogP contribution in [0.25, 0.3) is 0 Å². The van der Waals surface area contributed by atoms with Crippen LogP contribution in [0.2, 0.25) is 0 Å². The Morgan fingerprint density at radius 1 is 0.774 bits per heavy atom. The van der Waals surface area contributed by atoms with Crippen molar-refractivity contribution >= 4 is 11.9 Å². The summed E-state index contributed by atoms with van der Waals surface area (Å²) < 4.78 is 5.29. The zero-order chi connectivity index (χ0) is 21.9. The van der Waals surface area contributed by atoms with E-state index in [-0.39, 0.29) is 30.3 Å². The minimum Gasteiger partial charge on any atom is -0.455 e. The van der Waals surface area contributed by atoms with Gasteiger partial charge in [-0.2, -0.15) is 0 Å². The van der Waals surface area contributed by atoms with Crippen LogP contribution in [-0.2, 0) is 14.3 Å². The van der Waals surface area contributed by atoms with Crippen molar-refractivity contribution in [2.75, 3.05) is 13.2 Å². The number of hydrogen-bond donors (Lipinski definition) is 1. The minimum atomic E-state index is -0.365. The molecule has 3 aromatic carbocycles. The van der Waals surface area contributed by atoms with E-state index >= 15 is 0 Å². The lowest BCUT2D eigenvalue weighted by molar-refractivity contribution is -0.150. The molecule has 1 N–H and O–H groups in total. The molecule has 160 valence electrons. The summed E-state index contributed by atoms with van der Waals surface area (Å²) in [4.78, 5) is 24.7. The number of ether oxygens (including phenoxy) is 1. The van der Waals surface area contributed by atoms with Crippen LogP contribution in [0.5, 0.6) is 0 Å². The number of amides is 1. The fraction of sp³-hybridized carbons (Fsp3) is 0.259. The summed E-state index contributed by atoms with van der Waals surface area (Å²) in [6, 6.07) is 30.1. The van der Waals surface area contributed by atoms with E-state index in [1.54, 1.807) is 0 Å². The maximum atomic E-state index is 12.4. The second kappa shape index (κ2) is 11.7. The van der Waals surface area contributed by atoms with Gasteiger partial charge in [-0.15, -0.1) is 0 Å². The number of benzene rings is 3. The smallest absolute Gasteiger partial charge is 0.313 e. The summed E-state index contributed by atoms with van der Waals surface area (Å²) in [5.74, 6) is -0.811. The van der Waals surface area contributed by atoms with E-state index in [4.69, 9.17) is 4.74 Å². The van der Waals surface area contributed by atoms with Gasteiger partial charge in [0.25, 0.3) is 5.91 Å². The Balaban J connectivity index is 1.51. The molecular weight excluding hydrogens is 386 g/mol. The van der Waals surface area contributed by atoms with Gasteiger partial charge in [0.1, 0.15) is 0 Å². The lowest BCUT2D eigenvalue weighted by Crippen LogP contribution is -2.31. The molecule has 3 aromatic rings. The number of nitrogens with one attached hydrogen (secondary N) is 1. The first-order chi connectivity index (χ1) is 15.2. The topological polar surface area (TPSA) is 55.4 Å². The number of esters is 1. The molecule has 0 saturated carbocycles. The lowest BCUT2D eigenvalue weighted by atomic mass is 9.88. The van der Waals surface area contributed by atoms with E-state index in [0.717, 1.165) is 12.0 Å². The highest BCUT2D eigenvalue weighted by molar-refractivity contribution is 5.83. The predicted octanol–water partition coefficient (Wildman–Crippen LogP) is 5.06. The fourth-order valence-corrected chi connectivity index (χ4v) is 3.76. The summed E-state index contributed by atoms with van der Waals surface area (Å²) in [6.45, 7) is 2.18. The van der Waals surface area contributed by atoms with Gasteiger partial charge in [-0.1, -0.05) is 97.9 Å². The van der Waals surface area contributed by atoms with Gasteiger partial charge >= 0.3 is 5.97 Å². The maximum Gasteiger partial charge on any atom is 0.313 e. The molecule has 0 spiro atoms. The Morgan fingerprint density at radius 3 is 1.74 bits per heavy atom. The third-order valence-corrected chi connectivity index (χ3v) is 5.40. The van der Waals surface area contributed by atoms with Crippen molar-refractivity contribution in [2.24, 2.45) is 0 Å². The standard InChI is InChI=1S/C27H29NO3/c1-2-24(21-12-6-3-7-13-21)27(30)31-20-26(29)28-19-18-25(22-14-8-4-9-15-22)23-16-10-5-11-17-23/h3-17,24-25H,2,18-20H2,1H3,(H,28,29)/t24-/m1/s1. The van der Waals surface area contributed by atoms with Gasteiger partial charge in [0.15, 0.2) is 6.61 Å². The molecule has 0 aliphatic heterocycles. The van der Waals surface area contributed by atoms with Gasteiger partial charge in [0.05, 0.1) is 5.92 Å². The third-order valence-electron chi connectivity index (χ3n) is 5.40. The van der Waals surface area contributed by atoms with E-state index in [1.165, 1.54) is 11.1 Å². The molecule has 0 fully saturated rings. The highest BCUT2D eigenvalue weighted by atomic mass is 16.5. The quantitative estimate of drug-likeness (QED) is 0.471. The number of carbonyl (C=O) groups is 2. The van der Waals surface area contributed by atoms with Crippen molar-refractivity contribution in [3.63, 3.8) is 0 Å². The summed E-state index contributed by atoms with van der Waals surface area (Å²) in [6.07, 6.45) is 1.38. The molecule has 4 heteroatoms. The molecule has 3 rings (SSSR count). The maximum absolute atomic E-state index is 12.4. The van der Waals surface area contributed by atoms with E-state index in [1.807, 2.05) is 73.7 Å². The predicted molar refractivity (Wildman–Crippen MR) is 123 cm³/mol. The van der Waals surface area contributed by atoms with Gasteiger partial charge in [-0.25, -0.2) is 0 Å². The largest absolute Gasteiger partial charge is 0.455 e. The molecule has 31 heavy (non-hydrogen) atoms. The summed E-state index contributed by atoms with van der Waals surface area (Å²) in [5, 5.41) is 2.89. The highest BCUT2D eigenvalue weighted by Crippen LogP contribution is 2.27. The van der Waals surface area contributed by atoms with Gasteiger partial charge in [-0.3, -0.25) is 9.59 Å². The van der Waals surface area contributed by atoms with Gasteiger partial charge in [0, 0.05) is 12.5 Å². The number of carbonyl (C=O) groups excluding carboxylic acids is 2. The van der Waals surface area contributed by atoms with Gasteiger partial charge in [-0.05, 0) is 29.5 Å². The van der Waals surface area contributed by atoms with Crippen molar-refractivity contribution in [1.82, 2.24) is 5.32 Å². The van der Waals surface area contributed by atoms with Gasteiger partial charge in [0.2, 0.25) is 0 Å². The summed E-state index contributed by atoms with van der Waals surface area (Å²) in [5.41, 5.74) is 3.33. The zero-order valence-electron chi connectivity index (χ0n) is 17.9. The van der Waals surface area contributed by atoms with Crippen LogP contribution < -0.4 is 5.32 Å². The molecular formula is C27H29NO3. The van der Waals surface area contributed by atoms with Crippen LogP contribution in [0, 0.1) is 0 Å². The van der Waals surface area contributed by atoms with E-state index in [2.05, 4.69) is 29.6 Å². The number of hydrogen-bond acceptors (Lipinski definition) is 3. The van der Waals surface area contributed by atoms with Crippen molar-refractivity contribution in [1.29, 1.82) is 0 Å². The van der Waals surface area contributed by atoms with E-state index in [9.17, 15) is 9.59 Å². The molecule has 0 aromatic heterocycles. The average Bonchev–Trinajstić information content (AvgIpc) is 2.83. The molecule has 0 unspecified atom stereocenters. The van der Waals surface area contributed by atoms with Crippen molar-refractivity contribution < 1.29 is 14.3 Å². The van der Waals surface area contributed by atoms with Crippen molar-refractivity contribution in [2.45, 2.75) is 31.6 Å². The van der Waals surface area contributed by atoms with Crippen LogP contribution in [0.4, 0.5) is 0 Å².